The molecule has 8 heteroatoms. The first-order chi connectivity index (χ1) is 15.3. The molecule has 2 N–H and O–H groups in total. The predicted octanol–water partition coefficient (Wildman–Crippen LogP) is 1.95. The lowest BCUT2D eigenvalue weighted by atomic mass is 9.70. The molecule has 8 nitrogen and oxygen atoms in total. The van der Waals surface area contributed by atoms with Crippen LogP contribution in [-0.4, -0.2) is 64.8 Å². The van der Waals surface area contributed by atoms with E-state index in [1.807, 2.05) is 39.0 Å². The number of nitrogens with zero attached hydrogens (tertiary/aromatic N) is 1. The Morgan fingerprint density at radius 1 is 1.34 bits per heavy atom. The van der Waals surface area contributed by atoms with Crippen LogP contribution in [0.25, 0.3) is 0 Å². The maximum Gasteiger partial charge on any atom is 0.312 e. The number of benzene rings is 1. The zero-order chi connectivity index (χ0) is 23.2. The summed E-state index contributed by atoms with van der Waals surface area (Å²) in [4.78, 5) is 41.6. The van der Waals surface area contributed by atoms with Crippen molar-refractivity contribution in [1.82, 2.24) is 4.90 Å². The summed E-state index contributed by atoms with van der Waals surface area (Å²) >= 11 is 0. The number of aliphatic hydroxyl groups is 1. The molecule has 6 atom stereocenters. The topological polar surface area (TPSA) is 105 Å². The van der Waals surface area contributed by atoms with E-state index >= 15 is 0 Å². The van der Waals surface area contributed by atoms with Crippen LogP contribution in [0, 0.1) is 25.7 Å². The molecule has 0 saturated carbocycles. The fourth-order valence-electron chi connectivity index (χ4n) is 5.78. The van der Waals surface area contributed by atoms with Gasteiger partial charge >= 0.3 is 5.97 Å². The second-order valence-corrected chi connectivity index (χ2v) is 9.11. The molecule has 3 fully saturated rings. The predicted molar refractivity (Wildman–Crippen MR) is 117 cm³/mol. The van der Waals surface area contributed by atoms with Crippen molar-refractivity contribution < 1.29 is 29.0 Å². The number of aryl methyl sites for hydroxylation is 2. The van der Waals surface area contributed by atoms with Gasteiger partial charge in [0.25, 0.3) is 0 Å². The number of hydrogen-bond acceptors (Lipinski definition) is 6. The van der Waals surface area contributed by atoms with Crippen molar-refractivity contribution in [2.75, 3.05) is 18.5 Å². The molecule has 0 aromatic heterocycles. The third-order valence-corrected chi connectivity index (χ3v) is 7.27. The van der Waals surface area contributed by atoms with Gasteiger partial charge in [-0.3, -0.25) is 14.4 Å². The van der Waals surface area contributed by atoms with Gasteiger partial charge in [0, 0.05) is 5.69 Å². The Labute approximate surface area is 188 Å². The third-order valence-electron chi connectivity index (χ3n) is 7.27. The summed E-state index contributed by atoms with van der Waals surface area (Å²) in [5, 5.41) is 13.0. The van der Waals surface area contributed by atoms with E-state index in [2.05, 4.69) is 5.32 Å². The molecule has 3 heterocycles. The van der Waals surface area contributed by atoms with Crippen molar-refractivity contribution in [3.63, 3.8) is 0 Å². The molecule has 174 valence electrons. The lowest BCUT2D eigenvalue weighted by Crippen LogP contribution is -2.56. The number of hydrogen-bond donors (Lipinski definition) is 2. The highest BCUT2D eigenvalue weighted by molar-refractivity contribution is 6.03. The smallest absolute Gasteiger partial charge is 0.312 e. The van der Waals surface area contributed by atoms with E-state index in [9.17, 15) is 19.5 Å². The number of anilines is 1. The molecule has 2 amide bonds. The molecule has 0 aliphatic carbocycles. The van der Waals surface area contributed by atoms with E-state index in [0.717, 1.165) is 11.1 Å². The van der Waals surface area contributed by atoms with Gasteiger partial charge < -0.3 is 24.8 Å². The van der Waals surface area contributed by atoms with Crippen LogP contribution in [0.15, 0.2) is 18.2 Å². The molecule has 4 rings (SSSR count). The lowest BCUT2D eigenvalue weighted by Gasteiger charge is -2.36. The molecule has 3 saturated heterocycles. The van der Waals surface area contributed by atoms with Crippen LogP contribution in [0.4, 0.5) is 5.69 Å². The summed E-state index contributed by atoms with van der Waals surface area (Å²) < 4.78 is 11.6. The van der Waals surface area contributed by atoms with Gasteiger partial charge in [-0.25, -0.2) is 0 Å². The molecule has 1 aromatic carbocycles. The normalized spacial score (nSPS) is 31.5. The second-order valence-electron chi connectivity index (χ2n) is 9.11. The van der Waals surface area contributed by atoms with Crippen molar-refractivity contribution in [2.45, 2.75) is 70.7 Å². The van der Waals surface area contributed by atoms with Crippen molar-refractivity contribution in [1.29, 1.82) is 0 Å². The highest BCUT2D eigenvalue weighted by atomic mass is 16.6. The van der Waals surface area contributed by atoms with Crippen LogP contribution in [0.5, 0.6) is 0 Å². The molecule has 32 heavy (non-hydrogen) atoms. The maximum atomic E-state index is 13.7. The number of likely N-dealkylation sites (tertiary alicyclic amines) is 1. The molecule has 3 aliphatic heterocycles. The first-order valence-corrected chi connectivity index (χ1v) is 11.4. The highest BCUT2D eigenvalue weighted by Crippen LogP contribution is 2.59. The number of nitrogens with one attached hydrogen (secondary N) is 1. The standard InChI is InChI=1S/C24H32N2O6/c1-5-15(12-27)26-20(21(28)25-16-11-13(3)7-8-14(16)4)24-10-9-17(32-24)18(19(24)22(26)29)23(30)31-6-2/h7-8,11,15,17-20,27H,5-6,9-10,12H2,1-4H3,(H,25,28)/t15-,17-,18+,19+,20-,24+/m0/s1. The fourth-order valence-corrected chi connectivity index (χ4v) is 5.78. The van der Waals surface area contributed by atoms with Gasteiger partial charge in [-0.15, -0.1) is 0 Å². The van der Waals surface area contributed by atoms with Crippen LogP contribution < -0.4 is 5.32 Å². The summed E-state index contributed by atoms with van der Waals surface area (Å²) in [7, 11) is 0. The van der Waals surface area contributed by atoms with Crippen LogP contribution in [-0.2, 0) is 23.9 Å². The Bertz CT molecular complexity index is 929. The summed E-state index contributed by atoms with van der Waals surface area (Å²) in [5.41, 5.74) is 1.49. The summed E-state index contributed by atoms with van der Waals surface area (Å²) in [6.45, 7) is 7.38. The molecule has 0 radical (unpaired) electrons. The van der Waals surface area contributed by atoms with Crippen molar-refractivity contribution in [3.8, 4) is 0 Å². The van der Waals surface area contributed by atoms with Crippen molar-refractivity contribution in [2.24, 2.45) is 11.8 Å². The molecular formula is C24H32N2O6. The van der Waals surface area contributed by atoms with Gasteiger partial charge in [0.15, 0.2) is 0 Å². The van der Waals surface area contributed by atoms with Gasteiger partial charge in [0.05, 0.1) is 37.2 Å². The lowest BCUT2D eigenvalue weighted by molar-refractivity contribution is -0.155. The SMILES string of the molecule is CCOC(=O)[C@@H]1[C@@H]2CC[C@]3(O2)[C@H](C(=O)Nc2cc(C)ccc2C)N([C@@H](CC)CO)C(=O)[C@@H]13. The first-order valence-electron chi connectivity index (χ1n) is 11.4. The Hall–Kier alpha value is -2.45. The van der Waals surface area contributed by atoms with Gasteiger partial charge in [-0.2, -0.15) is 0 Å². The van der Waals surface area contributed by atoms with Gasteiger partial charge in [0.1, 0.15) is 11.6 Å². The summed E-state index contributed by atoms with van der Waals surface area (Å²) in [6.07, 6.45) is 1.14. The number of amides is 2. The molecule has 3 aliphatic rings. The average molecular weight is 445 g/mol. The Morgan fingerprint density at radius 2 is 2.09 bits per heavy atom. The van der Waals surface area contributed by atoms with Crippen molar-refractivity contribution >= 4 is 23.5 Å². The van der Waals surface area contributed by atoms with Crippen LogP contribution in [0.1, 0.15) is 44.2 Å². The van der Waals surface area contributed by atoms with E-state index in [-0.39, 0.29) is 25.0 Å². The minimum absolute atomic E-state index is 0.213. The largest absolute Gasteiger partial charge is 0.466 e. The number of carbonyl (C=O) groups excluding carboxylic acids is 3. The number of carbonyl (C=O) groups is 3. The van der Waals surface area contributed by atoms with Crippen LogP contribution in [0.2, 0.25) is 0 Å². The van der Waals surface area contributed by atoms with E-state index in [1.165, 1.54) is 4.90 Å². The molecular weight excluding hydrogens is 412 g/mol. The van der Waals surface area contributed by atoms with E-state index in [0.29, 0.717) is 24.9 Å². The number of aliphatic hydroxyl groups excluding tert-OH is 1. The number of ether oxygens (including phenoxy) is 2. The zero-order valence-corrected chi connectivity index (χ0v) is 19.1. The number of esters is 1. The molecule has 1 spiro atoms. The molecule has 2 bridgehead atoms. The average Bonchev–Trinajstić information content (AvgIpc) is 3.40. The Morgan fingerprint density at radius 3 is 2.75 bits per heavy atom. The third kappa shape index (κ3) is 3.31. The van der Waals surface area contributed by atoms with Gasteiger partial charge in [-0.05, 0) is 57.2 Å². The van der Waals surface area contributed by atoms with E-state index < -0.39 is 41.6 Å². The highest BCUT2D eigenvalue weighted by Gasteiger charge is 2.75. The maximum absolute atomic E-state index is 13.7. The van der Waals surface area contributed by atoms with Crippen LogP contribution >= 0.6 is 0 Å². The Kier molecular flexibility index (Phi) is 6.02. The monoisotopic (exact) mass is 444 g/mol. The summed E-state index contributed by atoms with van der Waals surface area (Å²) in [6, 6.07) is 4.32. The Balaban J connectivity index is 1.75. The van der Waals surface area contributed by atoms with Gasteiger partial charge in [0.2, 0.25) is 11.8 Å². The quantitative estimate of drug-likeness (QED) is 0.623. The minimum Gasteiger partial charge on any atom is -0.466 e. The van der Waals surface area contributed by atoms with Crippen molar-refractivity contribution in [3.05, 3.63) is 29.3 Å². The zero-order valence-electron chi connectivity index (χ0n) is 19.1. The van der Waals surface area contributed by atoms with Crippen LogP contribution in [0.3, 0.4) is 0 Å². The minimum atomic E-state index is -1.09. The second kappa shape index (κ2) is 8.48. The number of rotatable bonds is 7. The molecule has 1 aromatic rings. The van der Waals surface area contributed by atoms with Gasteiger partial charge in [-0.1, -0.05) is 19.1 Å². The number of fused-ring (bicyclic) bond motifs is 1. The van der Waals surface area contributed by atoms with E-state index in [1.54, 1.807) is 6.92 Å². The van der Waals surface area contributed by atoms with E-state index in [4.69, 9.17) is 9.47 Å². The summed E-state index contributed by atoms with van der Waals surface area (Å²) in [5.74, 6) is -2.63. The molecule has 0 unspecified atom stereocenters. The first kappa shape index (κ1) is 22.7. The fraction of sp³-hybridized carbons (Fsp3) is 0.625.